The summed E-state index contributed by atoms with van der Waals surface area (Å²) in [5.41, 5.74) is 1.50. The first-order valence-electron chi connectivity index (χ1n) is 9.56. The van der Waals surface area contributed by atoms with E-state index in [1.165, 1.54) is 5.56 Å². The normalized spacial score (nSPS) is 39.2. The molecule has 0 amide bonds. The minimum absolute atomic E-state index is 0.205. The first-order valence-corrected chi connectivity index (χ1v) is 9.56. The van der Waals surface area contributed by atoms with E-state index in [0.717, 1.165) is 44.2 Å². The Hall–Kier alpha value is -1.30. The molecule has 26 heavy (non-hydrogen) atoms. The van der Waals surface area contributed by atoms with Gasteiger partial charge in [0.2, 0.25) is 0 Å². The first-order chi connectivity index (χ1) is 12.4. The predicted octanol–water partition coefficient (Wildman–Crippen LogP) is 2.87. The standard InChI is InChI=1S/C21H31NO4/c1-19(25-4)8-9-20-10-11-22(2)16(21(20,13-19)26-5)12-14-6-7-15(24-3)18(23)17(14)20/h6-7,16,23H,8-13H2,1-5H3/t16?,19?,20-,21?/m1/s1. The van der Waals surface area contributed by atoms with Crippen molar-refractivity contribution in [3.63, 3.8) is 0 Å². The quantitative estimate of drug-likeness (QED) is 0.897. The number of fused-ring (bicyclic) bond motifs is 1. The lowest BCUT2D eigenvalue weighted by molar-refractivity contribution is -0.222. The highest BCUT2D eigenvalue weighted by molar-refractivity contribution is 5.58. The Morgan fingerprint density at radius 3 is 2.54 bits per heavy atom. The van der Waals surface area contributed by atoms with E-state index in [-0.39, 0.29) is 22.7 Å². The van der Waals surface area contributed by atoms with Gasteiger partial charge in [-0.1, -0.05) is 6.07 Å². The van der Waals surface area contributed by atoms with Gasteiger partial charge in [-0.3, -0.25) is 0 Å². The summed E-state index contributed by atoms with van der Waals surface area (Å²) < 4.78 is 17.8. The van der Waals surface area contributed by atoms with Crippen LogP contribution in [0.1, 0.15) is 43.7 Å². The van der Waals surface area contributed by atoms with Crippen LogP contribution in [-0.2, 0) is 21.3 Å². The highest BCUT2D eigenvalue weighted by Crippen LogP contribution is 2.63. The molecule has 4 rings (SSSR count). The molecule has 1 aromatic rings. The van der Waals surface area contributed by atoms with E-state index in [9.17, 15) is 5.11 Å². The molecule has 2 aliphatic carbocycles. The molecule has 1 saturated heterocycles. The topological polar surface area (TPSA) is 51.2 Å². The van der Waals surface area contributed by atoms with Crippen molar-refractivity contribution in [2.45, 2.75) is 61.7 Å². The van der Waals surface area contributed by atoms with Gasteiger partial charge in [-0.2, -0.15) is 0 Å². The third-order valence-electron chi connectivity index (χ3n) is 7.68. The highest BCUT2D eigenvalue weighted by Gasteiger charge is 2.68. The number of likely N-dealkylation sites (tertiary alicyclic amines) is 1. The third kappa shape index (κ3) is 2.08. The summed E-state index contributed by atoms with van der Waals surface area (Å²) in [5, 5.41) is 11.1. The fourth-order valence-electron chi connectivity index (χ4n) is 6.21. The van der Waals surface area contributed by atoms with Gasteiger partial charge in [-0.25, -0.2) is 0 Å². The second-order valence-electron chi connectivity index (χ2n) is 8.61. The van der Waals surface area contributed by atoms with E-state index >= 15 is 0 Å². The van der Waals surface area contributed by atoms with Crippen molar-refractivity contribution in [2.24, 2.45) is 0 Å². The Labute approximate surface area is 156 Å². The van der Waals surface area contributed by atoms with Crippen molar-refractivity contribution in [1.29, 1.82) is 0 Å². The number of benzene rings is 1. The summed E-state index contributed by atoms with van der Waals surface area (Å²) in [5.74, 6) is 0.857. The summed E-state index contributed by atoms with van der Waals surface area (Å²) in [6.07, 6.45) is 4.59. The van der Waals surface area contributed by atoms with Gasteiger partial charge in [0.1, 0.15) is 0 Å². The van der Waals surface area contributed by atoms with Crippen molar-refractivity contribution >= 4 is 0 Å². The van der Waals surface area contributed by atoms with Crippen LogP contribution >= 0.6 is 0 Å². The van der Waals surface area contributed by atoms with Crippen molar-refractivity contribution in [2.75, 3.05) is 34.9 Å². The molecule has 4 atom stereocenters. The van der Waals surface area contributed by atoms with Gasteiger partial charge >= 0.3 is 0 Å². The number of hydrogen-bond donors (Lipinski definition) is 1. The number of methoxy groups -OCH3 is 3. The van der Waals surface area contributed by atoms with Crippen LogP contribution in [0.2, 0.25) is 0 Å². The Morgan fingerprint density at radius 2 is 1.88 bits per heavy atom. The number of aromatic hydroxyl groups is 1. The fraction of sp³-hybridized carbons (Fsp3) is 0.714. The molecule has 5 heteroatoms. The fourth-order valence-corrected chi connectivity index (χ4v) is 6.21. The summed E-state index contributed by atoms with van der Waals surface area (Å²) in [7, 11) is 7.46. The van der Waals surface area contributed by atoms with Crippen LogP contribution in [-0.4, -0.2) is 62.2 Å². The van der Waals surface area contributed by atoms with Gasteiger partial charge in [0.15, 0.2) is 11.5 Å². The minimum atomic E-state index is -0.375. The second kappa shape index (κ2) is 5.85. The van der Waals surface area contributed by atoms with Crippen LogP contribution in [0.4, 0.5) is 0 Å². The summed E-state index contributed by atoms with van der Waals surface area (Å²) in [4.78, 5) is 2.44. The van der Waals surface area contributed by atoms with Gasteiger partial charge in [-0.05, 0) is 57.8 Å². The lowest BCUT2D eigenvalue weighted by Crippen LogP contribution is -2.75. The Kier molecular flexibility index (Phi) is 4.07. The van der Waals surface area contributed by atoms with E-state index in [2.05, 4.69) is 24.9 Å². The highest BCUT2D eigenvalue weighted by atomic mass is 16.5. The van der Waals surface area contributed by atoms with Gasteiger partial charge < -0.3 is 24.2 Å². The molecule has 3 unspecified atom stereocenters. The molecule has 2 bridgehead atoms. The van der Waals surface area contributed by atoms with Crippen molar-refractivity contribution in [3.05, 3.63) is 23.3 Å². The molecular weight excluding hydrogens is 330 g/mol. The Balaban J connectivity index is 1.98. The summed E-state index contributed by atoms with van der Waals surface area (Å²) >= 11 is 0. The van der Waals surface area contributed by atoms with Gasteiger partial charge in [0, 0.05) is 37.7 Å². The maximum atomic E-state index is 11.1. The van der Waals surface area contributed by atoms with E-state index < -0.39 is 0 Å². The molecule has 2 fully saturated rings. The van der Waals surface area contributed by atoms with E-state index in [1.807, 2.05) is 13.2 Å². The maximum Gasteiger partial charge on any atom is 0.161 e. The maximum absolute atomic E-state index is 11.1. The molecule has 0 radical (unpaired) electrons. The average Bonchev–Trinajstić information content (AvgIpc) is 2.64. The molecule has 1 aromatic carbocycles. The van der Waals surface area contributed by atoms with E-state index in [4.69, 9.17) is 14.2 Å². The van der Waals surface area contributed by atoms with E-state index in [1.54, 1.807) is 14.2 Å². The van der Waals surface area contributed by atoms with Crippen LogP contribution in [0.5, 0.6) is 11.5 Å². The number of hydrogen-bond acceptors (Lipinski definition) is 5. The molecular formula is C21H31NO4. The minimum Gasteiger partial charge on any atom is -0.504 e. The molecule has 144 valence electrons. The van der Waals surface area contributed by atoms with Gasteiger partial charge in [-0.15, -0.1) is 0 Å². The molecule has 5 nitrogen and oxygen atoms in total. The zero-order valence-electron chi connectivity index (χ0n) is 16.6. The molecule has 1 heterocycles. The smallest absolute Gasteiger partial charge is 0.161 e. The lowest BCUT2D eigenvalue weighted by atomic mass is 9.47. The molecule has 0 aromatic heterocycles. The number of likely N-dealkylation sites (N-methyl/N-ethyl adjacent to an activating group) is 1. The van der Waals surface area contributed by atoms with Crippen molar-refractivity contribution in [1.82, 2.24) is 4.90 Å². The van der Waals surface area contributed by atoms with Crippen LogP contribution in [0.15, 0.2) is 12.1 Å². The Bertz CT molecular complexity index is 722. The zero-order valence-corrected chi connectivity index (χ0v) is 16.6. The number of nitrogens with zero attached hydrogens (tertiary/aromatic N) is 1. The lowest BCUT2D eigenvalue weighted by Gasteiger charge is -2.67. The predicted molar refractivity (Wildman–Crippen MR) is 100 cm³/mol. The molecule has 1 aliphatic heterocycles. The number of phenolic OH excluding ortho intramolecular Hbond substituents is 1. The summed E-state index contributed by atoms with van der Waals surface area (Å²) in [6, 6.07) is 4.30. The van der Waals surface area contributed by atoms with Crippen LogP contribution in [0.3, 0.4) is 0 Å². The second-order valence-corrected chi connectivity index (χ2v) is 8.61. The molecule has 3 aliphatic rings. The number of piperidine rings is 1. The average molecular weight is 361 g/mol. The number of phenols is 1. The SMILES string of the molecule is COc1ccc2c(c1O)[C@@]13CCN(C)C(C2)C1(OC)CC(C)(OC)CC3. The first kappa shape index (κ1) is 18.1. The number of ether oxygens (including phenoxy) is 3. The third-order valence-corrected chi connectivity index (χ3v) is 7.68. The van der Waals surface area contributed by atoms with Crippen molar-refractivity contribution in [3.8, 4) is 11.5 Å². The van der Waals surface area contributed by atoms with Crippen LogP contribution in [0.25, 0.3) is 0 Å². The zero-order chi connectivity index (χ0) is 18.7. The molecule has 0 spiro atoms. The molecule has 1 N–H and O–H groups in total. The monoisotopic (exact) mass is 361 g/mol. The van der Waals surface area contributed by atoms with Crippen molar-refractivity contribution < 1.29 is 19.3 Å². The van der Waals surface area contributed by atoms with Crippen LogP contribution in [0, 0.1) is 0 Å². The van der Waals surface area contributed by atoms with Crippen LogP contribution < -0.4 is 4.74 Å². The number of rotatable bonds is 3. The molecule has 1 saturated carbocycles. The van der Waals surface area contributed by atoms with Gasteiger partial charge in [0.25, 0.3) is 0 Å². The Morgan fingerprint density at radius 1 is 1.12 bits per heavy atom. The summed E-state index contributed by atoms with van der Waals surface area (Å²) in [6.45, 7) is 3.20. The van der Waals surface area contributed by atoms with E-state index in [0.29, 0.717) is 11.5 Å². The largest absolute Gasteiger partial charge is 0.504 e. The van der Waals surface area contributed by atoms with Gasteiger partial charge in [0.05, 0.1) is 18.3 Å².